The monoisotopic (exact) mass is 263 g/mol. The lowest BCUT2D eigenvalue weighted by Gasteiger charge is -2.15. The summed E-state index contributed by atoms with van der Waals surface area (Å²) in [6.45, 7) is 7.37. The summed E-state index contributed by atoms with van der Waals surface area (Å²) >= 11 is 0. The Kier molecular flexibility index (Phi) is 5.48. The van der Waals surface area contributed by atoms with E-state index < -0.39 is 0 Å². The van der Waals surface area contributed by atoms with E-state index in [0.29, 0.717) is 0 Å². The van der Waals surface area contributed by atoms with Gasteiger partial charge in [0.1, 0.15) is 0 Å². The Labute approximate surface area is 113 Å². The highest BCUT2D eigenvalue weighted by atomic mass is 16.2. The zero-order chi connectivity index (χ0) is 14.4. The van der Waals surface area contributed by atoms with Crippen LogP contribution in [-0.4, -0.2) is 23.3 Å². The minimum atomic E-state index is -0.206. The maximum absolute atomic E-state index is 11.7. The first-order chi connectivity index (χ1) is 8.90. The number of carbonyl (C=O) groups excluding carboxylic acids is 2. The number of carbonyl (C=O) groups is 2. The van der Waals surface area contributed by atoms with E-state index in [4.69, 9.17) is 0 Å². The highest BCUT2D eigenvalue weighted by Gasteiger charge is 2.12. The van der Waals surface area contributed by atoms with Crippen molar-refractivity contribution in [2.24, 2.45) is 5.92 Å². The Hall–Kier alpha value is -1.91. The number of aromatic nitrogens is 1. The highest BCUT2D eigenvalue weighted by Crippen LogP contribution is 2.10. The van der Waals surface area contributed by atoms with E-state index in [0.717, 1.165) is 11.3 Å². The van der Waals surface area contributed by atoms with Gasteiger partial charge in [-0.2, -0.15) is 0 Å². The summed E-state index contributed by atoms with van der Waals surface area (Å²) in [6, 6.07) is 3.70. The second-order valence-corrected chi connectivity index (χ2v) is 4.89. The van der Waals surface area contributed by atoms with E-state index >= 15 is 0 Å². The molecule has 0 aliphatic carbocycles. The van der Waals surface area contributed by atoms with Crippen LogP contribution in [0.15, 0.2) is 18.3 Å². The third-order valence-corrected chi connectivity index (χ3v) is 2.76. The molecule has 0 saturated heterocycles. The molecule has 2 N–H and O–H groups in total. The van der Waals surface area contributed by atoms with E-state index in [1.807, 2.05) is 26.0 Å². The minimum absolute atomic E-state index is 0.000638. The summed E-state index contributed by atoms with van der Waals surface area (Å²) in [5, 5.41) is 5.40. The van der Waals surface area contributed by atoms with Gasteiger partial charge in [-0.3, -0.25) is 14.6 Å². The van der Waals surface area contributed by atoms with Gasteiger partial charge in [0, 0.05) is 17.8 Å². The number of aryl methyl sites for hydroxylation is 1. The molecule has 0 fully saturated rings. The maximum Gasteiger partial charge on any atom is 0.239 e. The molecule has 2 amide bonds. The van der Waals surface area contributed by atoms with Gasteiger partial charge in [0.05, 0.1) is 12.6 Å². The van der Waals surface area contributed by atoms with Crippen molar-refractivity contribution in [2.45, 2.75) is 33.7 Å². The molecule has 5 nitrogen and oxygen atoms in total. The van der Waals surface area contributed by atoms with Crippen LogP contribution in [0.2, 0.25) is 0 Å². The molecule has 0 aromatic carbocycles. The van der Waals surface area contributed by atoms with Gasteiger partial charge in [-0.25, -0.2) is 0 Å². The van der Waals surface area contributed by atoms with Crippen LogP contribution in [0.5, 0.6) is 0 Å². The third-order valence-electron chi connectivity index (χ3n) is 2.76. The van der Waals surface area contributed by atoms with Crippen LogP contribution < -0.4 is 10.6 Å². The molecule has 1 heterocycles. The summed E-state index contributed by atoms with van der Waals surface area (Å²) in [5.41, 5.74) is 1.88. The molecule has 0 spiro atoms. The molecule has 1 atom stereocenters. The van der Waals surface area contributed by atoms with E-state index in [1.54, 1.807) is 20.0 Å². The molecule has 104 valence electrons. The Morgan fingerprint density at radius 2 is 1.95 bits per heavy atom. The molecule has 1 unspecified atom stereocenters. The maximum atomic E-state index is 11.7. The van der Waals surface area contributed by atoms with Crippen molar-refractivity contribution in [3.8, 4) is 0 Å². The van der Waals surface area contributed by atoms with Crippen molar-refractivity contribution in [3.63, 3.8) is 0 Å². The number of rotatable bonds is 5. The number of hydrogen-bond donors (Lipinski definition) is 2. The lowest BCUT2D eigenvalue weighted by Crippen LogP contribution is -2.39. The summed E-state index contributed by atoms with van der Waals surface area (Å²) in [4.78, 5) is 27.2. The fourth-order valence-electron chi connectivity index (χ4n) is 1.48. The SMILES string of the molecule is Cc1ccc(C(C)NC(=O)CNC(=O)C(C)C)cn1. The zero-order valence-corrected chi connectivity index (χ0v) is 11.9. The Bertz CT molecular complexity index is 441. The molecule has 5 heteroatoms. The molecule has 0 aliphatic rings. The zero-order valence-electron chi connectivity index (χ0n) is 11.9. The largest absolute Gasteiger partial charge is 0.348 e. The van der Waals surface area contributed by atoms with Crippen LogP contribution in [0.4, 0.5) is 0 Å². The van der Waals surface area contributed by atoms with Gasteiger partial charge < -0.3 is 10.6 Å². The normalized spacial score (nSPS) is 12.1. The van der Waals surface area contributed by atoms with E-state index in [-0.39, 0.29) is 30.3 Å². The van der Waals surface area contributed by atoms with Gasteiger partial charge in [0.2, 0.25) is 11.8 Å². The summed E-state index contributed by atoms with van der Waals surface area (Å²) in [5.74, 6) is -0.451. The summed E-state index contributed by atoms with van der Waals surface area (Å²) in [7, 11) is 0. The molecular weight excluding hydrogens is 242 g/mol. The van der Waals surface area contributed by atoms with Crippen LogP contribution in [-0.2, 0) is 9.59 Å². The van der Waals surface area contributed by atoms with Gasteiger partial charge in [0.15, 0.2) is 0 Å². The Balaban J connectivity index is 2.44. The van der Waals surface area contributed by atoms with Crippen molar-refractivity contribution in [1.29, 1.82) is 0 Å². The number of hydrogen-bond acceptors (Lipinski definition) is 3. The van der Waals surface area contributed by atoms with Crippen molar-refractivity contribution in [2.75, 3.05) is 6.54 Å². The molecular formula is C14H21N3O2. The van der Waals surface area contributed by atoms with Crippen molar-refractivity contribution >= 4 is 11.8 Å². The van der Waals surface area contributed by atoms with Crippen LogP contribution in [0.1, 0.15) is 38.1 Å². The fraction of sp³-hybridized carbons (Fsp3) is 0.500. The summed E-state index contributed by atoms with van der Waals surface area (Å²) < 4.78 is 0. The van der Waals surface area contributed by atoms with Gasteiger partial charge in [-0.15, -0.1) is 0 Å². The molecule has 0 bridgehead atoms. The second-order valence-electron chi connectivity index (χ2n) is 4.89. The standard InChI is InChI=1S/C14H21N3O2/c1-9(2)14(19)16-8-13(18)17-11(4)12-6-5-10(3)15-7-12/h5-7,9,11H,8H2,1-4H3,(H,16,19)(H,17,18). The second kappa shape index (κ2) is 6.87. The van der Waals surface area contributed by atoms with Crippen LogP contribution in [0.25, 0.3) is 0 Å². The highest BCUT2D eigenvalue weighted by molar-refractivity contribution is 5.85. The quantitative estimate of drug-likeness (QED) is 0.842. The number of pyridine rings is 1. The van der Waals surface area contributed by atoms with Gasteiger partial charge in [0.25, 0.3) is 0 Å². The topological polar surface area (TPSA) is 71.1 Å². The Morgan fingerprint density at radius 1 is 1.26 bits per heavy atom. The van der Waals surface area contributed by atoms with Crippen molar-refractivity contribution < 1.29 is 9.59 Å². The molecule has 0 saturated carbocycles. The molecule has 1 aromatic rings. The average Bonchev–Trinajstić information content (AvgIpc) is 2.36. The lowest BCUT2D eigenvalue weighted by molar-refractivity contribution is -0.128. The minimum Gasteiger partial charge on any atom is -0.348 e. The summed E-state index contributed by atoms with van der Waals surface area (Å²) in [6.07, 6.45) is 1.74. The van der Waals surface area contributed by atoms with E-state index in [2.05, 4.69) is 15.6 Å². The van der Waals surface area contributed by atoms with E-state index in [1.165, 1.54) is 0 Å². The number of nitrogens with zero attached hydrogens (tertiary/aromatic N) is 1. The lowest BCUT2D eigenvalue weighted by atomic mass is 10.1. The molecule has 1 aromatic heterocycles. The molecule has 19 heavy (non-hydrogen) atoms. The average molecular weight is 263 g/mol. The van der Waals surface area contributed by atoms with Gasteiger partial charge in [-0.05, 0) is 25.5 Å². The van der Waals surface area contributed by atoms with Gasteiger partial charge >= 0.3 is 0 Å². The number of amides is 2. The van der Waals surface area contributed by atoms with Crippen LogP contribution in [0, 0.1) is 12.8 Å². The fourth-order valence-corrected chi connectivity index (χ4v) is 1.48. The first-order valence-corrected chi connectivity index (χ1v) is 6.39. The first-order valence-electron chi connectivity index (χ1n) is 6.39. The first kappa shape index (κ1) is 15.1. The van der Waals surface area contributed by atoms with E-state index in [9.17, 15) is 9.59 Å². The third kappa shape index (κ3) is 5.07. The molecule has 0 radical (unpaired) electrons. The van der Waals surface area contributed by atoms with Crippen LogP contribution in [0.3, 0.4) is 0 Å². The van der Waals surface area contributed by atoms with Crippen molar-refractivity contribution in [1.82, 2.24) is 15.6 Å². The Morgan fingerprint density at radius 3 is 2.47 bits per heavy atom. The molecule has 1 rings (SSSR count). The van der Waals surface area contributed by atoms with Gasteiger partial charge in [-0.1, -0.05) is 19.9 Å². The molecule has 0 aliphatic heterocycles. The predicted octanol–water partition coefficient (Wildman–Crippen LogP) is 1.34. The predicted molar refractivity (Wildman–Crippen MR) is 73.4 cm³/mol. The van der Waals surface area contributed by atoms with Crippen LogP contribution >= 0.6 is 0 Å². The smallest absolute Gasteiger partial charge is 0.239 e. The number of nitrogens with one attached hydrogen (secondary N) is 2. The van der Waals surface area contributed by atoms with Crippen molar-refractivity contribution in [3.05, 3.63) is 29.6 Å².